The summed E-state index contributed by atoms with van der Waals surface area (Å²) in [6.07, 6.45) is 3.55. The SMILES string of the molecule is COC(=O)[C@@H]1C[C@@H](O)CN1Cc1cccc(-n2cccn2)c1. The summed E-state index contributed by atoms with van der Waals surface area (Å²) in [4.78, 5) is 13.8. The summed E-state index contributed by atoms with van der Waals surface area (Å²) >= 11 is 0. The molecule has 1 aromatic carbocycles. The molecule has 2 aromatic rings. The number of methoxy groups -OCH3 is 1. The van der Waals surface area contributed by atoms with Crippen molar-refractivity contribution in [2.75, 3.05) is 13.7 Å². The zero-order valence-electron chi connectivity index (χ0n) is 12.4. The van der Waals surface area contributed by atoms with Gasteiger partial charge in [0.1, 0.15) is 6.04 Å². The first-order chi connectivity index (χ1) is 10.7. The Labute approximate surface area is 128 Å². The van der Waals surface area contributed by atoms with E-state index in [-0.39, 0.29) is 12.0 Å². The Morgan fingerprint density at radius 1 is 1.45 bits per heavy atom. The standard InChI is InChI=1S/C16H19N3O3/c1-22-16(21)15-9-14(20)11-18(15)10-12-4-2-5-13(8-12)19-7-3-6-17-19/h2-8,14-15,20H,9-11H2,1H3/t14-,15+/m1/s1. The second kappa shape index (κ2) is 6.29. The van der Waals surface area contributed by atoms with Crippen molar-refractivity contribution >= 4 is 5.97 Å². The van der Waals surface area contributed by atoms with Crippen molar-refractivity contribution < 1.29 is 14.6 Å². The third-order valence-electron chi connectivity index (χ3n) is 3.92. The summed E-state index contributed by atoms with van der Waals surface area (Å²) in [6.45, 7) is 1.07. The van der Waals surface area contributed by atoms with Crippen LogP contribution in [0.4, 0.5) is 0 Å². The average Bonchev–Trinajstić information content (AvgIpc) is 3.17. The first-order valence-electron chi connectivity index (χ1n) is 7.26. The summed E-state index contributed by atoms with van der Waals surface area (Å²) in [5, 5.41) is 14.1. The van der Waals surface area contributed by atoms with Gasteiger partial charge in [-0.05, 0) is 23.8 Å². The van der Waals surface area contributed by atoms with Gasteiger partial charge in [-0.25, -0.2) is 4.68 Å². The van der Waals surface area contributed by atoms with Gasteiger partial charge in [-0.3, -0.25) is 9.69 Å². The summed E-state index contributed by atoms with van der Waals surface area (Å²) in [7, 11) is 1.38. The zero-order valence-corrected chi connectivity index (χ0v) is 12.4. The predicted octanol–water partition coefficient (Wildman–Crippen LogP) is 0.980. The van der Waals surface area contributed by atoms with E-state index in [4.69, 9.17) is 4.74 Å². The maximum atomic E-state index is 11.8. The first kappa shape index (κ1) is 14.7. The van der Waals surface area contributed by atoms with Crippen LogP contribution < -0.4 is 0 Å². The summed E-state index contributed by atoms with van der Waals surface area (Å²) in [5.74, 6) is -0.292. The highest BCUT2D eigenvalue weighted by molar-refractivity contribution is 5.76. The molecule has 0 radical (unpaired) electrons. The molecule has 0 aliphatic carbocycles. The number of benzene rings is 1. The highest BCUT2D eigenvalue weighted by atomic mass is 16.5. The Morgan fingerprint density at radius 3 is 3.05 bits per heavy atom. The molecule has 0 saturated carbocycles. The molecule has 3 rings (SSSR count). The third kappa shape index (κ3) is 3.03. The van der Waals surface area contributed by atoms with Crippen LogP contribution in [0.15, 0.2) is 42.7 Å². The smallest absolute Gasteiger partial charge is 0.323 e. The Bertz CT molecular complexity index is 642. The van der Waals surface area contributed by atoms with Crippen LogP contribution in [0.5, 0.6) is 0 Å². The minimum absolute atomic E-state index is 0.292. The van der Waals surface area contributed by atoms with Gasteiger partial charge in [-0.15, -0.1) is 0 Å². The molecule has 0 bridgehead atoms. The zero-order chi connectivity index (χ0) is 15.5. The van der Waals surface area contributed by atoms with Crippen LogP contribution in [-0.2, 0) is 16.1 Å². The lowest BCUT2D eigenvalue weighted by molar-refractivity contribution is -0.146. The van der Waals surface area contributed by atoms with Crippen molar-refractivity contribution in [2.45, 2.75) is 25.1 Å². The van der Waals surface area contributed by atoms with Gasteiger partial charge in [-0.2, -0.15) is 5.10 Å². The molecule has 6 heteroatoms. The molecule has 2 atom stereocenters. The maximum absolute atomic E-state index is 11.8. The van der Waals surface area contributed by atoms with Gasteiger partial charge >= 0.3 is 5.97 Å². The van der Waals surface area contributed by atoms with Crippen LogP contribution in [-0.4, -0.2) is 51.6 Å². The molecular formula is C16H19N3O3. The number of hydrogen-bond acceptors (Lipinski definition) is 5. The fraction of sp³-hybridized carbons (Fsp3) is 0.375. The van der Waals surface area contributed by atoms with E-state index in [9.17, 15) is 9.90 Å². The molecule has 0 unspecified atom stereocenters. The van der Waals surface area contributed by atoms with Crippen LogP contribution in [0.3, 0.4) is 0 Å². The first-order valence-corrected chi connectivity index (χ1v) is 7.26. The second-order valence-corrected chi connectivity index (χ2v) is 5.48. The lowest BCUT2D eigenvalue weighted by atomic mass is 10.1. The molecule has 1 aliphatic rings. The Balaban J connectivity index is 1.77. The molecule has 1 aromatic heterocycles. The summed E-state index contributed by atoms with van der Waals surface area (Å²) < 4.78 is 6.62. The maximum Gasteiger partial charge on any atom is 0.323 e. The monoisotopic (exact) mass is 301 g/mol. The number of likely N-dealkylation sites (tertiary alicyclic amines) is 1. The molecule has 1 fully saturated rings. The van der Waals surface area contributed by atoms with E-state index in [1.165, 1.54) is 7.11 Å². The van der Waals surface area contributed by atoms with Crippen LogP contribution in [0.1, 0.15) is 12.0 Å². The molecular weight excluding hydrogens is 282 g/mol. The van der Waals surface area contributed by atoms with Crippen molar-refractivity contribution in [1.82, 2.24) is 14.7 Å². The van der Waals surface area contributed by atoms with Crippen LogP contribution in [0.25, 0.3) is 5.69 Å². The van der Waals surface area contributed by atoms with E-state index >= 15 is 0 Å². The number of nitrogens with zero attached hydrogens (tertiary/aromatic N) is 3. The molecule has 22 heavy (non-hydrogen) atoms. The predicted molar refractivity (Wildman–Crippen MR) is 80.4 cm³/mol. The van der Waals surface area contributed by atoms with Gasteiger partial charge in [0.25, 0.3) is 0 Å². The van der Waals surface area contributed by atoms with Crippen LogP contribution in [0, 0.1) is 0 Å². The number of aromatic nitrogens is 2. The molecule has 6 nitrogen and oxygen atoms in total. The Kier molecular flexibility index (Phi) is 4.22. The fourth-order valence-electron chi connectivity index (χ4n) is 2.89. The van der Waals surface area contributed by atoms with E-state index in [1.54, 1.807) is 10.9 Å². The van der Waals surface area contributed by atoms with E-state index in [1.807, 2.05) is 41.4 Å². The van der Waals surface area contributed by atoms with Gasteiger partial charge in [-0.1, -0.05) is 12.1 Å². The van der Waals surface area contributed by atoms with Crippen molar-refractivity contribution in [1.29, 1.82) is 0 Å². The van der Waals surface area contributed by atoms with Crippen LogP contribution in [0.2, 0.25) is 0 Å². The fourth-order valence-corrected chi connectivity index (χ4v) is 2.89. The van der Waals surface area contributed by atoms with Crippen molar-refractivity contribution in [2.24, 2.45) is 0 Å². The van der Waals surface area contributed by atoms with Gasteiger partial charge in [0, 0.05) is 31.9 Å². The Morgan fingerprint density at radius 2 is 2.32 bits per heavy atom. The lowest BCUT2D eigenvalue weighted by Gasteiger charge is -2.22. The second-order valence-electron chi connectivity index (χ2n) is 5.48. The van der Waals surface area contributed by atoms with E-state index in [2.05, 4.69) is 5.10 Å². The quantitative estimate of drug-likeness (QED) is 0.853. The molecule has 2 heterocycles. The topological polar surface area (TPSA) is 67.6 Å². The number of rotatable bonds is 4. The van der Waals surface area contributed by atoms with Gasteiger partial charge in [0.05, 0.1) is 18.9 Å². The molecule has 1 aliphatic heterocycles. The Hall–Kier alpha value is -2.18. The molecule has 0 spiro atoms. The highest BCUT2D eigenvalue weighted by Crippen LogP contribution is 2.22. The normalized spacial score (nSPS) is 21.9. The van der Waals surface area contributed by atoms with Crippen molar-refractivity contribution in [3.63, 3.8) is 0 Å². The van der Waals surface area contributed by atoms with Gasteiger partial charge in [0.2, 0.25) is 0 Å². The van der Waals surface area contributed by atoms with E-state index < -0.39 is 6.10 Å². The van der Waals surface area contributed by atoms with E-state index in [0.29, 0.717) is 19.5 Å². The number of esters is 1. The summed E-state index contributed by atoms with van der Waals surface area (Å²) in [5.41, 5.74) is 2.04. The highest BCUT2D eigenvalue weighted by Gasteiger charge is 2.36. The van der Waals surface area contributed by atoms with Gasteiger partial charge in [0.15, 0.2) is 0 Å². The number of ether oxygens (including phenoxy) is 1. The number of aliphatic hydroxyl groups is 1. The lowest BCUT2D eigenvalue weighted by Crippen LogP contribution is -2.36. The molecule has 0 amide bonds. The largest absolute Gasteiger partial charge is 0.468 e. The van der Waals surface area contributed by atoms with E-state index in [0.717, 1.165) is 11.3 Å². The average molecular weight is 301 g/mol. The number of β-amino-alcohol motifs (C(OH)–C–C–N with tert-alkyl or cyclic N) is 1. The molecule has 116 valence electrons. The van der Waals surface area contributed by atoms with Gasteiger partial charge < -0.3 is 9.84 Å². The van der Waals surface area contributed by atoms with Crippen molar-refractivity contribution in [3.05, 3.63) is 48.3 Å². The minimum atomic E-state index is -0.488. The van der Waals surface area contributed by atoms with Crippen LogP contribution >= 0.6 is 0 Å². The number of carbonyl (C=O) groups is 1. The number of aliphatic hydroxyl groups excluding tert-OH is 1. The number of hydrogen-bond donors (Lipinski definition) is 1. The molecule has 1 saturated heterocycles. The molecule has 1 N–H and O–H groups in total. The number of carbonyl (C=O) groups excluding carboxylic acids is 1. The minimum Gasteiger partial charge on any atom is -0.468 e. The van der Waals surface area contributed by atoms with Crippen molar-refractivity contribution in [3.8, 4) is 5.69 Å². The third-order valence-corrected chi connectivity index (χ3v) is 3.92. The summed E-state index contributed by atoms with van der Waals surface area (Å²) in [6, 6.07) is 9.47.